The maximum atomic E-state index is 9.59. The van der Waals surface area contributed by atoms with Gasteiger partial charge < -0.3 is 14.9 Å². The van der Waals surface area contributed by atoms with Gasteiger partial charge in [0.1, 0.15) is 5.82 Å². The van der Waals surface area contributed by atoms with Gasteiger partial charge in [-0.05, 0) is 52.4 Å². The van der Waals surface area contributed by atoms with E-state index in [0.29, 0.717) is 6.04 Å². The van der Waals surface area contributed by atoms with Crippen LogP contribution in [0.3, 0.4) is 0 Å². The predicted molar refractivity (Wildman–Crippen MR) is 78.6 cm³/mol. The van der Waals surface area contributed by atoms with E-state index in [1.807, 2.05) is 13.0 Å². The lowest BCUT2D eigenvalue weighted by Gasteiger charge is -2.36. The van der Waals surface area contributed by atoms with E-state index >= 15 is 0 Å². The van der Waals surface area contributed by atoms with E-state index in [9.17, 15) is 5.11 Å². The molecule has 0 aromatic carbocycles. The lowest BCUT2D eigenvalue weighted by Crippen LogP contribution is -2.42. The SMILES string of the molecule is Cc1cc(C)c(CO)c(N2CCC(N(C)C)CC2)n1. The van der Waals surface area contributed by atoms with Gasteiger partial charge in [-0.15, -0.1) is 0 Å². The van der Waals surface area contributed by atoms with E-state index in [2.05, 4.69) is 35.8 Å². The van der Waals surface area contributed by atoms with Crippen LogP contribution in [0.2, 0.25) is 0 Å². The van der Waals surface area contributed by atoms with Crippen molar-refractivity contribution >= 4 is 5.82 Å². The molecule has 106 valence electrons. The fourth-order valence-corrected chi connectivity index (χ4v) is 2.89. The number of aliphatic hydroxyl groups excluding tert-OH is 1. The van der Waals surface area contributed by atoms with Crippen molar-refractivity contribution in [1.29, 1.82) is 0 Å². The van der Waals surface area contributed by atoms with Crippen molar-refractivity contribution in [3.63, 3.8) is 0 Å². The topological polar surface area (TPSA) is 39.6 Å². The second-order valence-corrected chi connectivity index (χ2v) is 5.72. The lowest BCUT2D eigenvalue weighted by atomic mass is 10.0. The van der Waals surface area contributed by atoms with Gasteiger partial charge in [0, 0.05) is 30.4 Å². The first-order chi connectivity index (χ1) is 9.02. The van der Waals surface area contributed by atoms with E-state index < -0.39 is 0 Å². The van der Waals surface area contributed by atoms with E-state index in [1.165, 1.54) is 0 Å². The maximum Gasteiger partial charge on any atom is 0.134 e. The molecule has 2 rings (SSSR count). The fourth-order valence-electron chi connectivity index (χ4n) is 2.89. The number of hydrogen-bond donors (Lipinski definition) is 1. The van der Waals surface area contributed by atoms with Gasteiger partial charge in [-0.2, -0.15) is 0 Å². The first-order valence-corrected chi connectivity index (χ1v) is 7.02. The van der Waals surface area contributed by atoms with Gasteiger partial charge in [0.25, 0.3) is 0 Å². The Bertz CT molecular complexity index is 437. The average Bonchev–Trinajstić information content (AvgIpc) is 2.38. The smallest absolute Gasteiger partial charge is 0.134 e. The zero-order chi connectivity index (χ0) is 14.0. The fraction of sp³-hybridized carbons (Fsp3) is 0.667. The molecule has 0 radical (unpaired) electrons. The van der Waals surface area contributed by atoms with Crippen molar-refractivity contribution < 1.29 is 5.11 Å². The first kappa shape index (κ1) is 14.3. The third-order valence-electron chi connectivity index (χ3n) is 4.11. The summed E-state index contributed by atoms with van der Waals surface area (Å²) in [5, 5.41) is 9.59. The van der Waals surface area contributed by atoms with Crippen molar-refractivity contribution in [2.75, 3.05) is 32.1 Å². The van der Waals surface area contributed by atoms with Crippen LogP contribution in [-0.2, 0) is 6.61 Å². The number of pyridine rings is 1. The summed E-state index contributed by atoms with van der Waals surface area (Å²) in [4.78, 5) is 9.28. The Morgan fingerprint density at radius 2 is 1.95 bits per heavy atom. The number of aromatic nitrogens is 1. The maximum absolute atomic E-state index is 9.59. The Kier molecular flexibility index (Phi) is 4.42. The molecular formula is C15H25N3O. The number of anilines is 1. The lowest BCUT2D eigenvalue weighted by molar-refractivity contribution is 0.248. The number of aryl methyl sites for hydroxylation is 2. The third kappa shape index (κ3) is 3.07. The second-order valence-electron chi connectivity index (χ2n) is 5.72. The Morgan fingerprint density at radius 3 is 2.47 bits per heavy atom. The molecule has 2 heterocycles. The van der Waals surface area contributed by atoms with Crippen LogP contribution in [0, 0.1) is 13.8 Å². The summed E-state index contributed by atoms with van der Waals surface area (Å²) < 4.78 is 0. The molecule has 0 bridgehead atoms. The summed E-state index contributed by atoms with van der Waals surface area (Å²) in [6.45, 7) is 6.18. The number of rotatable bonds is 3. The summed E-state index contributed by atoms with van der Waals surface area (Å²) >= 11 is 0. The highest BCUT2D eigenvalue weighted by atomic mass is 16.3. The van der Waals surface area contributed by atoms with Crippen LogP contribution < -0.4 is 4.90 Å². The van der Waals surface area contributed by atoms with Crippen LogP contribution in [0.25, 0.3) is 0 Å². The molecule has 1 aromatic heterocycles. The number of piperidine rings is 1. The van der Waals surface area contributed by atoms with Gasteiger partial charge in [0.05, 0.1) is 6.61 Å². The van der Waals surface area contributed by atoms with Crippen LogP contribution >= 0.6 is 0 Å². The molecule has 0 amide bonds. The normalized spacial score (nSPS) is 17.3. The van der Waals surface area contributed by atoms with Gasteiger partial charge >= 0.3 is 0 Å². The molecule has 1 saturated heterocycles. The van der Waals surface area contributed by atoms with Gasteiger partial charge in [0.2, 0.25) is 0 Å². The van der Waals surface area contributed by atoms with Crippen molar-refractivity contribution in [1.82, 2.24) is 9.88 Å². The molecule has 1 aliphatic heterocycles. The Hall–Kier alpha value is -1.13. The predicted octanol–water partition coefficient (Wildman–Crippen LogP) is 1.72. The van der Waals surface area contributed by atoms with Crippen LogP contribution in [-0.4, -0.2) is 48.2 Å². The molecule has 4 heteroatoms. The summed E-state index contributed by atoms with van der Waals surface area (Å²) in [5.41, 5.74) is 3.15. The molecule has 1 fully saturated rings. The van der Waals surface area contributed by atoms with Gasteiger partial charge in [0.15, 0.2) is 0 Å². The highest BCUT2D eigenvalue weighted by Crippen LogP contribution is 2.26. The summed E-state index contributed by atoms with van der Waals surface area (Å²) in [7, 11) is 4.29. The largest absolute Gasteiger partial charge is 0.392 e. The number of hydrogen-bond acceptors (Lipinski definition) is 4. The molecule has 0 saturated carbocycles. The van der Waals surface area contributed by atoms with Crippen LogP contribution in [0.15, 0.2) is 6.07 Å². The molecular weight excluding hydrogens is 238 g/mol. The minimum Gasteiger partial charge on any atom is -0.392 e. The Morgan fingerprint density at radius 1 is 1.32 bits per heavy atom. The van der Waals surface area contributed by atoms with Crippen LogP contribution in [0.1, 0.15) is 29.7 Å². The molecule has 0 atom stereocenters. The summed E-state index contributed by atoms with van der Waals surface area (Å²) in [5.74, 6) is 0.984. The number of nitrogens with zero attached hydrogens (tertiary/aromatic N) is 3. The molecule has 0 unspecified atom stereocenters. The molecule has 1 N–H and O–H groups in total. The molecule has 19 heavy (non-hydrogen) atoms. The van der Waals surface area contributed by atoms with Crippen LogP contribution in [0.5, 0.6) is 0 Å². The van der Waals surface area contributed by atoms with E-state index in [4.69, 9.17) is 0 Å². The zero-order valence-electron chi connectivity index (χ0n) is 12.5. The highest BCUT2D eigenvalue weighted by molar-refractivity contribution is 5.51. The van der Waals surface area contributed by atoms with Crippen molar-refractivity contribution in [3.8, 4) is 0 Å². The van der Waals surface area contributed by atoms with Crippen molar-refractivity contribution in [3.05, 3.63) is 22.9 Å². The monoisotopic (exact) mass is 263 g/mol. The van der Waals surface area contributed by atoms with Crippen LogP contribution in [0.4, 0.5) is 5.82 Å². The minimum atomic E-state index is 0.0715. The molecule has 4 nitrogen and oxygen atoms in total. The molecule has 0 aliphatic carbocycles. The van der Waals surface area contributed by atoms with Crippen molar-refractivity contribution in [2.45, 2.75) is 39.3 Å². The number of aliphatic hydroxyl groups is 1. The summed E-state index contributed by atoms with van der Waals surface area (Å²) in [6.07, 6.45) is 2.32. The summed E-state index contributed by atoms with van der Waals surface area (Å²) in [6, 6.07) is 2.71. The first-order valence-electron chi connectivity index (χ1n) is 7.02. The minimum absolute atomic E-state index is 0.0715. The molecule has 1 aliphatic rings. The second kappa shape index (κ2) is 5.88. The average molecular weight is 263 g/mol. The van der Waals surface area contributed by atoms with Crippen molar-refractivity contribution in [2.24, 2.45) is 0 Å². The molecule has 1 aromatic rings. The van der Waals surface area contributed by atoms with E-state index in [-0.39, 0.29) is 6.61 Å². The zero-order valence-corrected chi connectivity index (χ0v) is 12.5. The van der Waals surface area contributed by atoms with Gasteiger partial charge in [-0.1, -0.05) is 0 Å². The standard InChI is InChI=1S/C15H25N3O/c1-11-9-12(2)16-15(14(11)10-19)18-7-5-13(6-8-18)17(3)4/h9,13,19H,5-8,10H2,1-4H3. The highest BCUT2D eigenvalue weighted by Gasteiger charge is 2.23. The van der Waals surface area contributed by atoms with E-state index in [0.717, 1.165) is 48.6 Å². The van der Waals surface area contributed by atoms with Gasteiger partial charge in [-0.25, -0.2) is 4.98 Å². The quantitative estimate of drug-likeness (QED) is 0.901. The Balaban J connectivity index is 2.19. The molecule has 0 spiro atoms. The van der Waals surface area contributed by atoms with E-state index in [1.54, 1.807) is 0 Å². The Labute approximate surface area is 116 Å². The van der Waals surface area contributed by atoms with Gasteiger partial charge in [-0.3, -0.25) is 0 Å². The third-order valence-corrected chi connectivity index (χ3v) is 4.11.